The molecule has 1 aromatic carbocycles. The van der Waals surface area contributed by atoms with Gasteiger partial charge in [-0.3, -0.25) is 9.88 Å². The molecule has 0 radical (unpaired) electrons. The maximum atomic E-state index is 10.7. The monoisotopic (exact) mass is 338 g/mol. The molecule has 0 saturated carbocycles. The van der Waals surface area contributed by atoms with Crippen LogP contribution in [0.2, 0.25) is 0 Å². The van der Waals surface area contributed by atoms with Crippen LogP contribution in [0, 0.1) is 0 Å². The average Bonchev–Trinajstić information content (AvgIpc) is 2.65. The summed E-state index contributed by atoms with van der Waals surface area (Å²) in [5.74, 6) is 0. The summed E-state index contributed by atoms with van der Waals surface area (Å²) in [4.78, 5) is 7.13. The van der Waals surface area contributed by atoms with E-state index in [2.05, 4.69) is 29.8 Å². The quantitative estimate of drug-likeness (QED) is 0.850. The number of benzene rings is 1. The number of aryl methyl sites for hydroxylation is 1. The molecule has 3 unspecified atom stereocenters. The Morgan fingerprint density at radius 3 is 2.52 bits per heavy atom. The predicted octanol–water partition coefficient (Wildman–Crippen LogP) is 4.36. The molecule has 0 spiro atoms. The molecular weight excluding hydrogens is 308 g/mol. The van der Waals surface area contributed by atoms with Crippen molar-refractivity contribution in [2.45, 2.75) is 64.1 Å². The van der Waals surface area contributed by atoms with E-state index in [1.807, 2.05) is 36.4 Å². The second-order valence-corrected chi connectivity index (χ2v) is 7.33. The van der Waals surface area contributed by atoms with Gasteiger partial charge in [-0.25, -0.2) is 0 Å². The molecular formula is C22H30N2O. The molecule has 3 atom stereocenters. The minimum atomic E-state index is -0.648. The second-order valence-electron chi connectivity index (χ2n) is 7.33. The van der Waals surface area contributed by atoms with Crippen LogP contribution < -0.4 is 0 Å². The van der Waals surface area contributed by atoms with E-state index in [9.17, 15) is 5.11 Å². The zero-order valence-electron chi connectivity index (χ0n) is 15.4. The van der Waals surface area contributed by atoms with E-state index in [0.717, 1.165) is 36.2 Å². The van der Waals surface area contributed by atoms with Crippen molar-refractivity contribution >= 4 is 0 Å². The van der Waals surface area contributed by atoms with Gasteiger partial charge in [0.15, 0.2) is 0 Å². The van der Waals surface area contributed by atoms with Gasteiger partial charge in [0.05, 0.1) is 5.69 Å². The third-order valence-electron chi connectivity index (χ3n) is 5.54. The van der Waals surface area contributed by atoms with Crippen molar-refractivity contribution in [2.24, 2.45) is 0 Å². The smallest absolute Gasteiger partial charge is 0.121 e. The maximum Gasteiger partial charge on any atom is 0.121 e. The first kappa shape index (κ1) is 18.1. The molecule has 1 aliphatic heterocycles. The van der Waals surface area contributed by atoms with Crippen LogP contribution in [0.1, 0.15) is 62.5 Å². The number of aromatic nitrogens is 1. The molecule has 3 heteroatoms. The van der Waals surface area contributed by atoms with E-state index in [4.69, 9.17) is 0 Å². The maximum absolute atomic E-state index is 10.7. The molecule has 0 aliphatic carbocycles. The molecule has 1 aliphatic rings. The Balaban J connectivity index is 1.65. The van der Waals surface area contributed by atoms with Gasteiger partial charge >= 0.3 is 0 Å². The molecule has 1 saturated heterocycles. The van der Waals surface area contributed by atoms with Gasteiger partial charge in [-0.05, 0) is 63.3 Å². The number of hydrogen-bond acceptors (Lipinski definition) is 3. The first-order valence-electron chi connectivity index (χ1n) is 9.59. The average molecular weight is 338 g/mol. The van der Waals surface area contributed by atoms with Gasteiger partial charge in [-0.1, -0.05) is 42.8 Å². The molecule has 1 aromatic heterocycles. The standard InChI is InChI=1S/C22H30N2O/c1-17-9-6-10-18(2)24(17)16-8-14-19-13-7-15-23-21(19)22(25)20-11-4-3-5-12-20/h3-5,7,11-13,15,17-18,22,25H,6,8-10,14,16H2,1-2H3. The van der Waals surface area contributed by atoms with Gasteiger partial charge in [0.1, 0.15) is 6.10 Å². The number of piperidine rings is 1. The number of pyridine rings is 1. The first-order chi connectivity index (χ1) is 12.2. The van der Waals surface area contributed by atoms with Crippen LogP contribution in [0.5, 0.6) is 0 Å². The molecule has 1 N–H and O–H groups in total. The zero-order valence-corrected chi connectivity index (χ0v) is 15.4. The summed E-state index contributed by atoms with van der Waals surface area (Å²) in [6.45, 7) is 5.83. The Morgan fingerprint density at radius 1 is 1.08 bits per heavy atom. The number of aliphatic hydroxyl groups excluding tert-OH is 1. The Hall–Kier alpha value is -1.71. The fourth-order valence-electron chi connectivity index (χ4n) is 4.07. The Morgan fingerprint density at radius 2 is 1.80 bits per heavy atom. The second kappa shape index (κ2) is 8.59. The van der Waals surface area contributed by atoms with Crippen molar-refractivity contribution in [3.63, 3.8) is 0 Å². The van der Waals surface area contributed by atoms with E-state index in [1.165, 1.54) is 19.3 Å². The highest BCUT2D eigenvalue weighted by atomic mass is 16.3. The summed E-state index contributed by atoms with van der Waals surface area (Å²) in [6, 6.07) is 15.3. The van der Waals surface area contributed by atoms with E-state index in [-0.39, 0.29) is 0 Å². The Kier molecular flexibility index (Phi) is 6.22. The SMILES string of the molecule is CC1CCCC(C)N1CCCc1cccnc1C(O)c1ccccc1. The van der Waals surface area contributed by atoms with Crippen LogP contribution in [0.25, 0.3) is 0 Å². The fraction of sp³-hybridized carbons (Fsp3) is 0.500. The number of likely N-dealkylation sites (tertiary alicyclic amines) is 1. The van der Waals surface area contributed by atoms with Crippen molar-refractivity contribution in [1.82, 2.24) is 9.88 Å². The van der Waals surface area contributed by atoms with Gasteiger partial charge in [0.25, 0.3) is 0 Å². The van der Waals surface area contributed by atoms with Crippen LogP contribution in [0.3, 0.4) is 0 Å². The van der Waals surface area contributed by atoms with Gasteiger partial charge in [-0.15, -0.1) is 0 Å². The van der Waals surface area contributed by atoms with Crippen molar-refractivity contribution in [1.29, 1.82) is 0 Å². The normalized spacial score (nSPS) is 22.7. The topological polar surface area (TPSA) is 36.4 Å². The molecule has 134 valence electrons. The lowest BCUT2D eigenvalue weighted by atomic mass is 9.96. The van der Waals surface area contributed by atoms with Crippen LogP contribution in [-0.2, 0) is 6.42 Å². The summed E-state index contributed by atoms with van der Waals surface area (Å²) in [6.07, 6.45) is 7.18. The van der Waals surface area contributed by atoms with E-state index in [1.54, 1.807) is 6.20 Å². The van der Waals surface area contributed by atoms with Crippen molar-refractivity contribution < 1.29 is 5.11 Å². The predicted molar refractivity (Wildman–Crippen MR) is 103 cm³/mol. The molecule has 2 heterocycles. The number of rotatable bonds is 6. The number of hydrogen-bond donors (Lipinski definition) is 1. The highest BCUT2D eigenvalue weighted by Gasteiger charge is 2.24. The zero-order chi connectivity index (χ0) is 17.6. The summed E-state index contributed by atoms with van der Waals surface area (Å²) >= 11 is 0. The lowest BCUT2D eigenvalue weighted by Gasteiger charge is -2.39. The molecule has 25 heavy (non-hydrogen) atoms. The first-order valence-corrected chi connectivity index (χ1v) is 9.59. The highest BCUT2D eigenvalue weighted by Crippen LogP contribution is 2.25. The van der Waals surface area contributed by atoms with Crippen molar-refractivity contribution in [3.8, 4) is 0 Å². The molecule has 2 aromatic rings. The number of nitrogens with zero attached hydrogens (tertiary/aromatic N) is 2. The van der Waals surface area contributed by atoms with Crippen molar-refractivity contribution in [2.75, 3.05) is 6.54 Å². The minimum Gasteiger partial charge on any atom is -0.382 e. The summed E-state index contributed by atoms with van der Waals surface area (Å²) in [5.41, 5.74) is 2.87. The van der Waals surface area contributed by atoms with Crippen molar-refractivity contribution in [3.05, 3.63) is 65.5 Å². The summed E-state index contributed by atoms with van der Waals surface area (Å²) in [7, 11) is 0. The largest absolute Gasteiger partial charge is 0.382 e. The van der Waals surface area contributed by atoms with Crippen LogP contribution in [-0.4, -0.2) is 33.6 Å². The lowest BCUT2D eigenvalue weighted by Crippen LogP contribution is -2.44. The molecule has 0 bridgehead atoms. The van der Waals surface area contributed by atoms with Gasteiger partial charge in [0, 0.05) is 18.3 Å². The summed E-state index contributed by atoms with van der Waals surface area (Å²) in [5, 5.41) is 10.7. The summed E-state index contributed by atoms with van der Waals surface area (Å²) < 4.78 is 0. The number of aliphatic hydroxyl groups is 1. The van der Waals surface area contributed by atoms with E-state index >= 15 is 0 Å². The van der Waals surface area contributed by atoms with Crippen LogP contribution in [0.4, 0.5) is 0 Å². The third kappa shape index (κ3) is 4.47. The minimum absolute atomic E-state index is 0.648. The van der Waals surface area contributed by atoms with Gasteiger partial charge in [-0.2, -0.15) is 0 Å². The molecule has 3 rings (SSSR count). The molecule has 0 amide bonds. The van der Waals surface area contributed by atoms with Gasteiger partial charge < -0.3 is 5.11 Å². The lowest BCUT2D eigenvalue weighted by molar-refractivity contribution is 0.102. The highest BCUT2D eigenvalue weighted by molar-refractivity contribution is 5.31. The van der Waals surface area contributed by atoms with Gasteiger partial charge in [0.2, 0.25) is 0 Å². The van der Waals surface area contributed by atoms with Crippen LogP contribution in [0.15, 0.2) is 48.7 Å². The Labute approximate surface area is 151 Å². The molecule has 1 fully saturated rings. The third-order valence-corrected chi connectivity index (χ3v) is 5.54. The van der Waals surface area contributed by atoms with E-state index < -0.39 is 6.10 Å². The fourth-order valence-corrected chi connectivity index (χ4v) is 4.07. The van der Waals surface area contributed by atoms with Crippen LogP contribution >= 0.6 is 0 Å². The molecule has 3 nitrogen and oxygen atoms in total. The van der Waals surface area contributed by atoms with E-state index in [0.29, 0.717) is 12.1 Å². The Bertz CT molecular complexity index is 648.